The molecule has 1 saturated carbocycles. The van der Waals surface area contributed by atoms with E-state index in [4.69, 9.17) is 11.6 Å². The van der Waals surface area contributed by atoms with Crippen molar-refractivity contribution in [3.8, 4) is 0 Å². The summed E-state index contributed by atoms with van der Waals surface area (Å²) >= 11 is 5.97. The van der Waals surface area contributed by atoms with E-state index >= 15 is 0 Å². The third-order valence-corrected chi connectivity index (χ3v) is 5.55. The van der Waals surface area contributed by atoms with Crippen molar-refractivity contribution < 1.29 is 4.39 Å². The predicted molar refractivity (Wildman–Crippen MR) is 82.9 cm³/mol. The summed E-state index contributed by atoms with van der Waals surface area (Å²) in [6.07, 6.45) is 9.62. The minimum absolute atomic E-state index is 0.190. The van der Waals surface area contributed by atoms with Crippen LogP contribution >= 0.6 is 11.6 Å². The molecule has 0 unspecified atom stereocenters. The predicted octanol–water partition coefficient (Wildman–Crippen LogP) is 5.12. The molecule has 1 heterocycles. The molecule has 20 heavy (non-hydrogen) atoms. The maximum absolute atomic E-state index is 13.3. The minimum atomic E-state index is -0.190. The summed E-state index contributed by atoms with van der Waals surface area (Å²) in [5, 5.41) is 0. The number of benzene rings is 1. The second-order valence-corrected chi connectivity index (χ2v) is 6.72. The van der Waals surface area contributed by atoms with Crippen LogP contribution in [-0.2, 0) is 5.88 Å². The topological polar surface area (TPSA) is 3.24 Å². The summed E-state index contributed by atoms with van der Waals surface area (Å²) in [5.41, 5.74) is 2.66. The highest BCUT2D eigenvalue weighted by atomic mass is 35.5. The summed E-state index contributed by atoms with van der Waals surface area (Å²) in [6.45, 7) is 2.19. The van der Waals surface area contributed by atoms with Gasteiger partial charge in [0.05, 0.1) is 0 Å². The molecular weight excluding hydrogens is 273 g/mol. The standard InChI is InChI=1S/C17H23ClFN/c18-13-14-12-15(19)4-5-16(14)20-10-8-17(9-11-20)6-2-1-3-7-17/h4-5,12H,1-3,6-11,13H2. The Hall–Kier alpha value is -0.760. The smallest absolute Gasteiger partial charge is 0.123 e. The molecule has 3 heteroatoms. The van der Waals surface area contributed by atoms with E-state index in [1.165, 1.54) is 44.9 Å². The van der Waals surface area contributed by atoms with Crippen LogP contribution in [0.1, 0.15) is 50.5 Å². The highest BCUT2D eigenvalue weighted by molar-refractivity contribution is 6.17. The molecule has 3 rings (SSSR count). The highest BCUT2D eigenvalue weighted by Gasteiger charge is 2.35. The number of anilines is 1. The molecule has 1 aromatic rings. The van der Waals surface area contributed by atoms with Gasteiger partial charge < -0.3 is 4.90 Å². The van der Waals surface area contributed by atoms with Gasteiger partial charge in [0.2, 0.25) is 0 Å². The zero-order valence-corrected chi connectivity index (χ0v) is 12.8. The molecule has 0 aromatic heterocycles. The van der Waals surface area contributed by atoms with Crippen molar-refractivity contribution in [2.75, 3.05) is 18.0 Å². The minimum Gasteiger partial charge on any atom is -0.371 e. The lowest BCUT2D eigenvalue weighted by Gasteiger charge is -2.45. The maximum atomic E-state index is 13.3. The Bertz CT molecular complexity index is 458. The van der Waals surface area contributed by atoms with E-state index in [0.717, 1.165) is 24.3 Å². The van der Waals surface area contributed by atoms with Gasteiger partial charge in [-0.2, -0.15) is 0 Å². The Morgan fingerprint density at radius 1 is 1.05 bits per heavy atom. The van der Waals surface area contributed by atoms with E-state index in [9.17, 15) is 4.39 Å². The first-order valence-corrected chi connectivity index (χ1v) is 8.35. The first kappa shape index (κ1) is 14.2. The van der Waals surface area contributed by atoms with Crippen LogP contribution in [0.2, 0.25) is 0 Å². The number of nitrogens with zero attached hydrogens (tertiary/aromatic N) is 1. The molecule has 0 amide bonds. The quantitative estimate of drug-likeness (QED) is 0.685. The largest absolute Gasteiger partial charge is 0.371 e. The molecule has 1 aliphatic carbocycles. The summed E-state index contributed by atoms with van der Waals surface area (Å²) in [7, 11) is 0. The second-order valence-electron chi connectivity index (χ2n) is 6.45. The van der Waals surface area contributed by atoms with Crippen LogP contribution in [0.3, 0.4) is 0 Å². The molecule has 0 bridgehead atoms. The number of hydrogen-bond donors (Lipinski definition) is 0. The van der Waals surface area contributed by atoms with Gasteiger partial charge in [-0.3, -0.25) is 0 Å². The summed E-state index contributed by atoms with van der Waals surface area (Å²) < 4.78 is 13.3. The van der Waals surface area contributed by atoms with Crippen LogP contribution in [0.15, 0.2) is 18.2 Å². The zero-order valence-electron chi connectivity index (χ0n) is 12.0. The van der Waals surface area contributed by atoms with Crippen molar-refractivity contribution in [3.63, 3.8) is 0 Å². The van der Waals surface area contributed by atoms with E-state index in [1.807, 2.05) is 6.07 Å². The molecule has 0 atom stereocenters. The lowest BCUT2D eigenvalue weighted by atomic mass is 9.68. The van der Waals surface area contributed by atoms with Crippen LogP contribution in [0, 0.1) is 11.2 Å². The third kappa shape index (κ3) is 2.81. The fraction of sp³-hybridized carbons (Fsp3) is 0.647. The zero-order chi connectivity index (χ0) is 14.0. The van der Waals surface area contributed by atoms with Gasteiger partial charge >= 0.3 is 0 Å². The molecule has 2 aliphatic rings. The number of halogens is 2. The fourth-order valence-electron chi connectivity index (χ4n) is 3.99. The molecule has 1 spiro atoms. The summed E-state index contributed by atoms with van der Waals surface area (Å²) in [6, 6.07) is 5.02. The SMILES string of the molecule is Fc1ccc(N2CCC3(CCCCC3)CC2)c(CCl)c1. The van der Waals surface area contributed by atoms with Gasteiger partial charge in [0.25, 0.3) is 0 Å². The average molecular weight is 296 g/mol. The van der Waals surface area contributed by atoms with Gasteiger partial charge in [-0.05, 0) is 54.9 Å². The van der Waals surface area contributed by atoms with Gasteiger partial charge in [0.1, 0.15) is 5.82 Å². The third-order valence-electron chi connectivity index (χ3n) is 5.26. The van der Waals surface area contributed by atoms with Crippen molar-refractivity contribution >= 4 is 17.3 Å². The Morgan fingerprint density at radius 2 is 1.75 bits per heavy atom. The number of piperidine rings is 1. The average Bonchev–Trinajstić information content (AvgIpc) is 2.49. The van der Waals surface area contributed by atoms with Crippen LogP contribution in [0.5, 0.6) is 0 Å². The molecule has 1 nitrogen and oxygen atoms in total. The van der Waals surface area contributed by atoms with Crippen molar-refractivity contribution in [2.24, 2.45) is 5.41 Å². The Morgan fingerprint density at radius 3 is 2.40 bits per heavy atom. The van der Waals surface area contributed by atoms with Crippen molar-refractivity contribution in [1.29, 1.82) is 0 Å². The molecule has 0 radical (unpaired) electrons. The number of rotatable bonds is 2. The Labute approximate surface area is 126 Å². The van der Waals surface area contributed by atoms with Gasteiger partial charge in [-0.25, -0.2) is 4.39 Å². The van der Waals surface area contributed by atoms with Crippen LogP contribution < -0.4 is 4.90 Å². The normalized spacial score (nSPS) is 22.2. The Kier molecular flexibility index (Phi) is 4.21. The van der Waals surface area contributed by atoms with E-state index in [-0.39, 0.29) is 5.82 Å². The van der Waals surface area contributed by atoms with Crippen LogP contribution in [0.4, 0.5) is 10.1 Å². The number of hydrogen-bond acceptors (Lipinski definition) is 1. The fourth-order valence-corrected chi connectivity index (χ4v) is 4.21. The van der Waals surface area contributed by atoms with Crippen molar-refractivity contribution in [1.82, 2.24) is 0 Å². The first-order chi connectivity index (χ1) is 9.72. The van der Waals surface area contributed by atoms with Crippen LogP contribution in [0.25, 0.3) is 0 Å². The molecule has 1 aromatic carbocycles. The molecule has 2 fully saturated rings. The van der Waals surface area contributed by atoms with Crippen molar-refractivity contribution in [2.45, 2.75) is 50.8 Å². The maximum Gasteiger partial charge on any atom is 0.123 e. The van der Waals surface area contributed by atoms with Gasteiger partial charge in [0, 0.05) is 24.7 Å². The van der Waals surface area contributed by atoms with E-state index in [2.05, 4.69) is 4.90 Å². The summed E-state index contributed by atoms with van der Waals surface area (Å²) in [5.74, 6) is 0.194. The van der Waals surface area contributed by atoms with E-state index in [0.29, 0.717) is 11.3 Å². The van der Waals surface area contributed by atoms with Crippen LogP contribution in [-0.4, -0.2) is 13.1 Å². The van der Waals surface area contributed by atoms with E-state index < -0.39 is 0 Å². The van der Waals surface area contributed by atoms with Crippen molar-refractivity contribution in [3.05, 3.63) is 29.6 Å². The highest BCUT2D eigenvalue weighted by Crippen LogP contribution is 2.45. The van der Waals surface area contributed by atoms with Gasteiger partial charge in [0.15, 0.2) is 0 Å². The van der Waals surface area contributed by atoms with E-state index in [1.54, 1.807) is 12.1 Å². The molecule has 1 aliphatic heterocycles. The Balaban J connectivity index is 1.71. The molecule has 0 N–H and O–H groups in total. The van der Waals surface area contributed by atoms with Gasteiger partial charge in [-0.15, -0.1) is 11.6 Å². The van der Waals surface area contributed by atoms with Gasteiger partial charge in [-0.1, -0.05) is 19.3 Å². The molecular formula is C17H23ClFN. The summed E-state index contributed by atoms with van der Waals surface area (Å²) in [4.78, 5) is 2.40. The lowest BCUT2D eigenvalue weighted by Crippen LogP contribution is -2.41. The number of alkyl halides is 1. The first-order valence-electron chi connectivity index (χ1n) is 7.82. The lowest BCUT2D eigenvalue weighted by molar-refractivity contribution is 0.144. The monoisotopic (exact) mass is 295 g/mol. The molecule has 1 saturated heterocycles. The second kappa shape index (κ2) is 5.93. The molecule has 110 valence electrons.